The van der Waals surface area contributed by atoms with E-state index in [4.69, 9.17) is 0 Å². The number of carbonyl (C=O) groups excluding carboxylic acids is 1. The highest BCUT2D eigenvalue weighted by Crippen LogP contribution is 2.27. The summed E-state index contributed by atoms with van der Waals surface area (Å²) >= 11 is 3.36. The van der Waals surface area contributed by atoms with Gasteiger partial charge >= 0.3 is 0 Å². The third-order valence-corrected chi connectivity index (χ3v) is 3.36. The van der Waals surface area contributed by atoms with Crippen LogP contribution < -0.4 is 4.90 Å². The van der Waals surface area contributed by atoms with Gasteiger partial charge in [0.15, 0.2) is 0 Å². The first-order chi connectivity index (χ1) is 7.70. The molecule has 1 atom stereocenters. The van der Waals surface area contributed by atoms with Crippen LogP contribution in [0.25, 0.3) is 0 Å². The van der Waals surface area contributed by atoms with Crippen molar-refractivity contribution < 1.29 is 4.79 Å². The van der Waals surface area contributed by atoms with E-state index in [1.165, 1.54) is 5.56 Å². The molecule has 0 spiro atoms. The van der Waals surface area contributed by atoms with Crippen LogP contribution in [0, 0.1) is 0 Å². The van der Waals surface area contributed by atoms with Crippen LogP contribution in [0.5, 0.6) is 0 Å². The zero-order chi connectivity index (χ0) is 11.5. The summed E-state index contributed by atoms with van der Waals surface area (Å²) in [6.45, 7) is 2.72. The zero-order valence-corrected chi connectivity index (χ0v) is 11.0. The highest BCUT2D eigenvalue weighted by Gasteiger charge is 2.23. The minimum Gasteiger partial charge on any atom is -0.311 e. The molecule has 3 heteroatoms. The number of carbonyl (C=O) groups is 1. The van der Waals surface area contributed by atoms with E-state index in [1.807, 2.05) is 30.0 Å². The smallest absolute Gasteiger partial charge is 0.240 e. The monoisotopic (exact) mass is 281 g/mol. The van der Waals surface area contributed by atoms with E-state index >= 15 is 0 Å². The first kappa shape index (κ1) is 11.6. The average molecular weight is 282 g/mol. The van der Waals surface area contributed by atoms with Crippen molar-refractivity contribution in [3.63, 3.8) is 0 Å². The Hall–Kier alpha value is -0.830. The van der Waals surface area contributed by atoms with E-state index in [9.17, 15) is 4.79 Å². The molecule has 1 aliphatic heterocycles. The molecule has 1 aromatic rings. The summed E-state index contributed by atoms with van der Waals surface area (Å²) in [6, 6.07) is 8.22. The Bertz CT molecular complexity index is 389. The maximum atomic E-state index is 12.1. The highest BCUT2D eigenvalue weighted by atomic mass is 79.9. The van der Waals surface area contributed by atoms with Gasteiger partial charge in [0, 0.05) is 12.2 Å². The molecule has 1 unspecified atom stereocenters. The third kappa shape index (κ3) is 2.29. The van der Waals surface area contributed by atoms with Crippen LogP contribution in [0.2, 0.25) is 0 Å². The number of rotatable bonds is 1. The maximum Gasteiger partial charge on any atom is 0.240 e. The van der Waals surface area contributed by atoms with E-state index in [2.05, 4.69) is 22.0 Å². The largest absolute Gasteiger partial charge is 0.311 e. The fourth-order valence-corrected chi connectivity index (χ4v) is 2.38. The van der Waals surface area contributed by atoms with Crippen molar-refractivity contribution in [2.45, 2.75) is 31.0 Å². The van der Waals surface area contributed by atoms with Gasteiger partial charge in [-0.3, -0.25) is 4.79 Å². The molecule has 86 valence electrons. The molecule has 0 saturated carbocycles. The lowest BCUT2D eigenvalue weighted by Crippen LogP contribution is -2.36. The molecule has 1 aromatic carbocycles. The second-order valence-electron chi connectivity index (χ2n) is 4.19. The quantitative estimate of drug-likeness (QED) is 0.725. The summed E-state index contributed by atoms with van der Waals surface area (Å²) < 4.78 is 0. The first-order valence-electron chi connectivity index (χ1n) is 5.73. The molecule has 0 aromatic heterocycles. The Kier molecular flexibility index (Phi) is 3.64. The molecule has 0 saturated heterocycles. The molecular weight excluding hydrogens is 266 g/mol. The van der Waals surface area contributed by atoms with Crippen molar-refractivity contribution in [2.24, 2.45) is 0 Å². The van der Waals surface area contributed by atoms with Crippen LogP contribution in [-0.4, -0.2) is 17.3 Å². The lowest BCUT2D eigenvalue weighted by Gasteiger charge is -2.24. The summed E-state index contributed by atoms with van der Waals surface area (Å²) in [6.07, 6.45) is 3.33. The van der Waals surface area contributed by atoms with Gasteiger partial charge in [-0.05, 0) is 37.8 Å². The molecule has 16 heavy (non-hydrogen) atoms. The van der Waals surface area contributed by atoms with E-state index in [-0.39, 0.29) is 10.7 Å². The van der Waals surface area contributed by atoms with Gasteiger partial charge in [0.05, 0.1) is 4.83 Å². The van der Waals surface area contributed by atoms with Gasteiger partial charge in [0.2, 0.25) is 5.91 Å². The molecule has 0 N–H and O–H groups in total. The van der Waals surface area contributed by atoms with E-state index in [1.54, 1.807) is 0 Å². The third-order valence-electron chi connectivity index (χ3n) is 2.97. The van der Waals surface area contributed by atoms with Gasteiger partial charge in [-0.2, -0.15) is 0 Å². The van der Waals surface area contributed by atoms with Crippen LogP contribution >= 0.6 is 15.9 Å². The molecule has 1 aliphatic rings. The van der Waals surface area contributed by atoms with Crippen molar-refractivity contribution >= 4 is 27.5 Å². The van der Waals surface area contributed by atoms with Crippen molar-refractivity contribution in [1.29, 1.82) is 0 Å². The molecule has 2 nitrogen and oxygen atoms in total. The molecule has 1 heterocycles. The Morgan fingerprint density at radius 1 is 1.38 bits per heavy atom. The first-order valence-corrected chi connectivity index (χ1v) is 6.65. The van der Waals surface area contributed by atoms with Gasteiger partial charge < -0.3 is 4.90 Å². The second kappa shape index (κ2) is 5.00. The summed E-state index contributed by atoms with van der Waals surface area (Å²) in [5, 5.41) is 0. The van der Waals surface area contributed by atoms with Gasteiger partial charge in [0.25, 0.3) is 0 Å². The van der Waals surface area contributed by atoms with Gasteiger partial charge in [-0.25, -0.2) is 0 Å². The van der Waals surface area contributed by atoms with Crippen molar-refractivity contribution in [3.05, 3.63) is 29.8 Å². The Morgan fingerprint density at radius 3 is 2.88 bits per heavy atom. The van der Waals surface area contributed by atoms with Gasteiger partial charge in [-0.15, -0.1) is 0 Å². The number of benzene rings is 1. The number of halogens is 1. The number of anilines is 1. The summed E-state index contributed by atoms with van der Waals surface area (Å²) in [5.41, 5.74) is 2.39. The van der Waals surface area contributed by atoms with Crippen LogP contribution in [0.15, 0.2) is 24.3 Å². The number of para-hydroxylation sites is 1. The van der Waals surface area contributed by atoms with Gasteiger partial charge in [-0.1, -0.05) is 34.1 Å². The number of nitrogens with zero attached hydrogens (tertiary/aromatic N) is 1. The summed E-state index contributed by atoms with van der Waals surface area (Å²) in [4.78, 5) is 13.9. The van der Waals surface area contributed by atoms with Crippen LogP contribution in [-0.2, 0) is 11.2 Å². The molecule has 0 radical (unpaired) electrons. The fourth-order valence-electron chi connectivity index (χ4n) is 2.14. The van der Waals surface area contributed by atoms with Gasteiger partial charge in [0.1, 0.15) is 0 Å². The van der Waals surface area contributed by atoms with E-state index in [0.29, 0.717) is 0 Å². The number of fused-ring (bicyclic) bond motifs is 1. The number of hydrogen-bond donors (Lipinski definition) is 0. The number of amides is 1. The Balaban J connectivity index is 2.36. The fraction of sp³-hybridized carbons (Fsp3) is 0.462. The maximum absolute atomic E-state index is 12.1. The number of hydrogen-bond acceptors (Lipinski definition) is 1. The van der Waals surface area contributed by atoms with Crippen molar-refractivity contribution in [2.75, 3.05) is 11.4 Å². The molecule has 1 amide bonds. The topological polar surface area (TPSA) is 20.3 Å². The summed E-state index contributed by atoms with van der Waals surface area (Å²) in [7, 11) is 0. The van der Waals surface area contributed by atoms with Crippen molar-refractivity contribution in [3.8, 4) is 0 Å². The predicted molar refractivity (Wildman–Crippen MR) is 70.1 cm³/mol. The van der Waals surface area contributed by atoms with E-state index in [0.717, 1.165) is 31.5 Å². The molecule has 0 fully saturated rings. The Labute approximate surface area is 105 Å². The minimum atomic E-state index is -0.112. The molecule has 2 rings (SSSR count). The average Bonchev–Trinajstić information content (AvgIpc) is 2.50. The Morgan fingerprint density at radius 2 is 2.12 bits per heavy atom. The number of aryl methyl sites for hydroxylation is 1. The zero-order valence-electron chi connectivity index (χ0n) is 9.45. The van der Waals surface area contributed by atoms with Crippen LogP contribution in [0.3, 0.4) is 0 Å². The lowest BCUT2D eigenvalue weighted by molar-refractivity contribution is -0.117. The SMILES string of the molecule is CC(Br)C(=O)N1CCCCc2ccccc21. The molecule has 0 aliphatic carbocycles. The second-order valence-corrected chi connectivity index (χ2v) is 5.57. The highest BCUT2D eigenvalue weighted by molar-refractivity contribution is 9.10. The minimum absolute atomic E-state index is 0.112. The normalized spacial score (nSPS) is 17.5. The van der Waals surface area contributed by atoms with Crippen molar-refractivity contribution in [1.82, 2.24) is 0 Å². The standard InChI is InChI=1S/C13H16BrNO/c1-10(14)13(16)15-9-5-4-7-11-6-2-3-8-12(11)15/h2-3,6,8,10H,4-5,7,9H2,1H3. The lowest BCUT2D eigenvalue weighted by atomic mass is 10.1. The number of alkyl halides is 1. The van der Waals surface area contributed by atoms with Crippen LogP contribution in [0.1, 0.15) is 25.3 Å². The predicted octanol–water partition coefficient (Wildman–Crippen LogP) is 3.14. The van der Waals surface area contributed by atoms with E-state index < -0.39 is 0 Å². The van der Waals surface area contributed by atoms with Crippen LogP contribution in [0.4, 0.5) is 5.69 Å². The summed E-state index contributed by atoms with van der Waals surface area (Å²) in [5.74, 6) is 0.161. The molecular formula is C13H16BrNO. The molecule has 0 bridgehead atoms.